The normalized spacial score (nSPS) is 12.7. The molecule has 0 unspecified atom stereocenters. The fraction of sp³-hybridized carbons (Fsp3) is 0.276. The van der Waals surface area contributed by atoms with Crippen LogP contribution in [0.25, 0.3) is 0 Å². The summed E-state index contributed by atoms with van der Waals surface area (Å²) in [4.78, 5) is 15.5. The molecule has 3 aromatic carbocycles. The van der Waals surface area contributed by atoms with Gasteiger partial charge >= 0.3 is 6.01 Å². The average molecular weight is 635 g/mol. The molecule has 12 nitrogen and oxygen atoms in total. The lowest BCUT2D eigenvalue weighted by Crippen LogP contribution is -2.31. The number of nitrogens with one attached hydrogen (secondary N) is 1. The highest BCUT2D eigenvalue weighted by Gasteiger charge is 2.27. The molecule has 8 N–H and O–H groups in total. The molecule has 0 aliphatic carbocycles. The minimum absolute atomic E-state index is 0. The van der Waals surface area contributed by atoms with E-state index < -0.39 is 10.0 Å². The van der Waals surface area contributed by atoms with Crippen molar-refractivity contribution >= 4 is 45.7 Å². The number of anilines is 4. The van der Waals surface area contributed by atoms with Gasteiger partial charge in [-0.05, 0) is 56.0 Å². The Balaban J connectivity index is 0.00000387. The van der Waals surface area contributed by atoms with E-state index in [0.717, 1.165) is 37.1 Å². The highest BCUT2D eigenvalue weighted by Crippen LogP contribution is 2.36. The standard InChI is InChI=1S/C29H32N6O4S.ClH.2H3N.2H2/c1-21-11-14-24(15-12-21)40(37,38)35(20-22-9-5-3-6-10-22)25-16-13-23(19-26(25)36)30-27-31-28(33-29(32-27)39-2)34-17-7-4-8-18-34;;;;;/h3,5-6,9-16,19,36H,4,7-8,17-18,20H2,1-2H3,(H,30,31,32,33);1H;2*1H3;2*1H. The van der Waals surface area contributed by atoms with E-state index >= 15 is 0 Å². The molecule has 2 heterocycles. The number of methoxy groups -OCH3 is 1. The summed E-state index contributed by atoms with van der Waals surface area (Å²) in [5.74, 6) is 0.565. The maximum absolute atomic E-state index is 13.8. The van der Waals surface area contributed by atoms with Crippen molar-refractivity contribution in [3.8, 4) is 11.8 Å². The summed E-state index contributed by atoms with van der Waals surface area (Å²) in [6, 6.07) is 20.8. The number of halogens is 1. The second kappa shape index (κ2) is 15.3. The number of aromatic nitrogens is 3. The van der Waals surface area contributed by atoms with Gasteiger partial charge in [0.05, 0.1) is 24.2 Å². The van der Waals surface area contributed by atoms with Crippen LogP contribution in [0, 0.1) is 6.92 Å². The summed E-state index contributed by atoms with van der Waals surface area (Å²) in [5, 5.41) is 14.2. The predicted octanol–water partition coefficient (Wildman–Crippen LogP) is 6.26. The first-order chi connectivity index (χ1) is 19.3. The number of nitrogens with zero attached hydrogens (tertiary/aromatic N) is 5. The summed E-state index contributed by atoms with van der Waals surface area (Å²) in [7, 11) is -2.50. The Bertz CT molecular complexity index is 1580. The van der Waals surface area contributed by atoms with Gasteiger partial charge in [0.15, 0.2) is 0 Å². The van der Waals surface area contributed by atoms with E-state index in [1.807, 2.05) is 37.3 Å². The molecular formula is C29H43ClN8O4S. The molecule has 4 aromatic rings. The molecule has 14 heteroatoms. The molecule has 0 atom stereocenters. The van der Waals surface area contributed by atoms with Crippen LogP contribution < -0.4 is 31.6 Å². The van der Waals surface area contributed by atoms with Crippen molar-refractivity contribution < 1.29 is 21.1 Å². The second-order valence-corrected chi connectivity index (χ2v) is 11.5. The highest BCUT2D eigenvalue weighted by molar-refractivity contribution is 7.92. The fourth-order valence-electron chi connectivity index (χ4n) is 4.56. The minimum atomic E-state index is -3.99. The molecular weight excluding hydrogens is 592 g/mol. The van der Waals surface area contributed by atoms with Crippen molar-refractivity contribution in [1.29, 1.82) is 0 Å². The van der Waals surface area contributed by atoms with E-state index in [-0.39, 0.29) is 62.4 Å². The van der Waals surface area contributed by atoms with Crippen molar-refractivity contribution in [3.05, 3.63) is 83.9 Å². The maximum Gasteiger partial charge on any atom is 0.322 e. The molecule has 1 saturated heterocycles. The summed E-state index contributed by atoms with van der Waals surface area (Å²) in [6.07, 6.45) is 3.31. The number of aryl methyl sites for hydroxylation is 1. The molecule has 5 rings (SSSR count). The summed E-state index contributed by atoms with van der Waals surface area (Å²) < 4.78 is 34.1. The van der Waals surface area contributed by atoms with Crippen molar-refractivity contribution in [2.45, 2.75) is 37.6 Å². The average Bonchev–Trinajstić information content (AvgIpc) is 2.97. The third kappa shape index (κ3) is 8.23. The van der Waals surface area contributed by atoms with Crippen LogP contribution >= 0.6 is 12.4 Å². The molecule has 1 aliphatic heterocycles. The van der Waals surface area contributed by atoms with Gasteiger partial charge in [-0.3, -0.25) is 4.31 Å². The zero-order valence-electron chi connectivity index (χ0n) is 24.3. The van der Waals surface area contributed by atoms with Gasteiger partial charge in [-0.2, -0.15) is 15.0 Å². The van der Waals surface area contributed by atoms with Gasteiger partial charge in [-0.1, -0.05) is 48.0 Å². The van der Waals surface area contributed by atoms with Gasteiger partial charge in [0.2, 0.25) is 11.9 Å². The molecule has 0 saturated carbocycles. The number of ether oxygens (including phenoxy) is 1. The third-order valence-corrected chi connectivity index (χ3v) is 8.48. The van der Waals surface area contributed by atoms with Gasteiger partial charge in [0.25, 0.3) is 10.0 Å². The maximum atomic E-state index is 13.8. The Morgan fingerprint density at radius 2 is 1.63 bits per heavy atom. The molecule has 0 bridgehead atoms. The molecule has 1 fully saturated rings. The molecule has 0 spiro atoms. The molecule has 43 heavy (non-hydrogen) atoms. The Kier molecular flexibility index (Phi) is 12.5. The quantitative estimate of drug-likeness (QED) is 0.162. The number of sulfonamides is 1. The lowest BCUT2D eigenvalue weighted by molar-refractivity contribution is 0.378. The summed E-state index contributed by atoms with van der Waals surface area (Å²) >= 11 is 0. The zero-order valence-corrected chi connectivity index (χ0v) is 25.9. The number of hydrogen-bond acceptors (Lipinski definition) is 11. The molecule has 236 valence electrons. The lowest BCUT2D eigenvalue weighted by Gasteiger charge is -2.27. The van der Waals surface area contributed by atoms with Crippen LogP contribution in [0.1, 0.15) is 33.2 Å². The first kappa shape index (κ1) is 35.0. The topological polar surface area (TPSA) is 191 Å². The van der Waals surface area contributed by atoms with E-state index in [4.69, 9.17) is 4.74 Å². The van der Waals surface area contributed by atoms with E-state index in [1.165, 1.54) is 23.9 Å². The number of piperidine rings is 1. The van der Waals surface area contributed by atoms with Crippen LogP contribution in [0.5, 0.6) is 11.8 Å². The van der Waals surface area contributed by atoms with Crippen molar-refractivity contribution in [1.82, 2.24) is 27.3 Å². The van der Waals surface area contributed by atoms with Crippen molar-refractivity contribution in [2.24, 2.45) is 0 Å². The predicted molar refractivity (Wildman–Crippen MR) is 176 cm³/mol. The summed E-state index contributed by atoms with van der Waals surface area (Å²) in [5.41, 5.74) is 2.36. The number of phenols is 1. The zero-order chi connectivity index (χ0) is 28.1. The first-order valence-electron chi connectivity index (χ1n) is 13.1. The van der Waals surface area contributed by atoms with Gasteiger partial charge in [0, 0.05) is 27.7 Å². The first-order valence-corrected chi connectivity index (χ1v) is 14.6. The van der Waals surface area contributed by atoms with Crippen LogP contribution in [0.4, 0.5) is 23.3 Å². The monoisotopic (exact) mass is 634 g/mol. The van der Waals surface area contributed by atoms with Crippen LogP contribution in [0.3, 0.4) is 0 Å². The highest BCUT2D eigenvalue weighted by atomic mass is 35.5. The SMILES string of the molecule is COc1nc(Nc2ccc(N(Cc3ccccc3)S(=O)(=O)c3ccc(C)cc3)c(O)c2)nc(N2CCCCC2)n1.Cl.N.N.[HH].[HH]. The number of benzene rings is 3. The Labute approximate surface area is 261 Å². The molecule has 1 aliphatic rings. The van der Waals surface area contributed by atoms with Gasteiger partial charge in [-0.15, -0.1) is 12.4 Å². The number of rotatable bonds is 9. The smallest absolute Gasteiger partial charge is 0.322 e. The second-order valence-electron chi connectivity index (χ2n) is 9.63. The number of hydrogen-bond donors (Lipinski definition) is 4. The largest absolute Gasteiger partial charge is 0.506 e. The Hall–Kier alpha value is -4.17. The fourth-order valence-corrected chi connectivity index (χ4v) is 6.02. The third-order valence-electron chi connectivity index (χ3n) is 6.70. The van der Waals surface area contributed by atoms with Gasteiger partial charge < -0.3 is 32.4 Å². The Morgan fingerprint density at radius 1 is 0.953 bits per heavy atom. The number of aromatic hydroxyl groups is 1. The Morgan fingerprint density at radius 3 is 2.26 bits per heavy atom. The minimum Gasteiger partial charge on any atom is -0.506 e. The molecule has 1 aromatic heterocycles. The van der Waals surface area contributed by atoms with Crippen LogP contribution in [0.15, 0.2) is 77.7 Å². The van der Waals surface area contributed by atoms with E-state index in [9.17, 15) is 13.5 Å². The lowest BCUT2D eigenvalue weighted by atomic mass is 10.1. The van der Waals surface area contributed by atoms with Crippen LogP contribution in [-0.2, 0) is 16.6 Å². The van der Waals surface area contributed by atoms with E-state index in [1.54, 1.807) is 36.4 Å². The van der Waals surface area contributed by atoms with E-state index in [2.05, 4.69) is 25.2 Å². The van der Waals surface area contributed by atoms with Crippen LogP contribution in [0.2, 0.25) is 0 Å². The molecule has 0 radical (unpaired) electrons. The summed E-state index contributed by atoms with van der Waals surface area (Å²) in [6.45, 7) is 3.65. The van der Waals surface area contributed by atoms with E-state index in [0.29, 0.717) is 11.6 Å². The number of phenolic OH excluding ortho intramolecular Hbond substituents is 1. The van der Waals surface area contributed by atoms with Gasteiger partial charge in [-0.25, -0.2) is 8.42 Å². The van der Waals surface area contributed by atoms with Crippen molar-refractivity contribution in [2.75, 3.05) is 34.7 Å². The van der Waals surface area contributed by atoms with Gasteiger partial charge in [0.1, 0.15) is 5.75 Å². The van der Waals surface area contributed by atoms with Crippen LogP contribution in [-0.4, -0.2) is 48.7 Å². The van der Waals surface area contributed by atoms with Crippen molar-refractivity contribution in [3.63, 3.8) is 0 Å². The molecule has 0 amide bonds.